The molecule has 4 nitrogen and oxygen atoms in total. The van der Waals surface area contributed by atoms with Crippen molar-refractivity contribution >= 4 is 43.4 Å². The lowest BCUT2D eigenvalue weighted by Crippen LogP contribution is -1.95. The van der Waals surface area contributed by atoms with Gasteiger partial charge >= 0.3 is 0 Å². The predicted molar refractivity (Wildman–Crippen MR) is 130 cm³/mol. The Kier molecular flexibility index (Phi) is 3.37. The number of benzene rings is 5. The quantitative estimate of drug-likeness (QED) is 0.293. The van der Waals surface area contributed by atoms with Crippen LogP contribution in [0, 0.1) is 0 Å². The van der Waals surface area contributed by atoms with Crippen LogP contribution in [0.4, 0.5) is 0 Å². The van der Waals surface area contributed by atoms with Crippen LogP contribution in [0.2, 0.25) is 0 Å². The summed E-state index contributed by atoms with van der Waals surface area (Å²) < 4.78 is 11.0. The van der Waals surface area contributed by atoms with E-state index in [0.29, 0.717) is 11.5 Å². The molecule has 0 amide bonds. The van der Waals surface area contributed by atoms with E-state index in [9.17, 15) is 0 Å². The van der Waals surface area contributed by atoms with E-state index in [4.69, 9.17) is 19.4 Å². The van der Waals surface area contributed by atoms with Crippen molar-refractivity contribution in [3.05, 3.63) is 72.8 Å². The molecule has 1 aliphatic carbocycles. The van der Waals surface area contributed by atoms with Crippen molar-refractivity contribution in [1.82, 2.24) is 9.97 Å². The van der Waals surface area contributed by atoms with Crippen LogP contribution in [0.3, 0.4) is 0 Å². The first kappa shape index (κ1) is 17.5. The van der Waals surface area contributed by atoms with E-state index in [-0.39, 0.29) is 0 Å². The van der Waals surface area contributed by atoms with Gasteiger partial charge in [0.05, 0.1) is 36.6 Å². The van der Waals surface area contributed by atoms with Gasteiger partial charge in [-0.05, 0) is 39.1 Å². The number of fused-ring (bicyclic) bond motifs is 8. The Hall–Kier alpha value is -4.18. The summed E-state index contributed by atoms with van der Waals surface area (Å²) >= 11 is 0. The lowest BCUT2D eigenvalue weighted by molar-refractivity contribution is 0.355. The zero-order valence-corrected chi connectivity index (χ0v) is 17.6. The molecule has 152 valence electrons. The molecule has 0 bridgehead atoms. The summed E-state index contributed by atoms with van der Waals surface area (Å²) in [5.74, 6) is 1.30. The van der Waals surface area contributed by atoms with Crippen molar-refractivity contribution in [2.24, 2.45) is 0 Å². The Balaban J connectivity index is 1.72. The van der Waals surface area contributed by atoms with E-state index >= 15 is 0 Å². The van der Waals surface area contributed by atoms with E-state index < -0.39 is 0 Å². The normalized spacial score (nSPS) is 12.1. The number of aromatic nitrogens is 2. The highest BCUT2D eigenvalue weighted by molar-refractivity contribution is 6.28. The highest BCUT2D eigenvalue weighted by Crippen LogP contribution is 2.52. The SMILES string of the molecule is COc1cc2nc3c(nc2cc1OC)-c1c2ccccc2cc2cc4ccccc4c-3c12. The number of ether oxygens (including phenoxy) is 2. The van der Waals surface area contributed by atoms with E-state index in [1.54, 1.807) is 14.2 Å². The first-order valence-electron chi connectivity index (χ1n) is 10.6. The van der Waals surface area contributed by atoms with Gasteiger partial charge in [0.1, 0.15) is 0 Å². The summed E-state index contributed by atoms with van der Waals surface area (Å²) in [7, 11) is 3.28. The second-order valence-corrected chi connectivity index (χ2v) is 8.16. The molecule has 1 aliphatic rings. The zero-order valence-electron chi connectivity index (χ0n) is 17.6. The third-order valence-corrected chi connectivity index (χ3v) is 6.51. The highest BCUT2D eigenvalue weighted by atomic mass is 16.5. The largest absolute Gasteiger partial charge is 0.493 e. The maximum Gasteiger partial charge on any atom is 0.163 e. The van der Waals surface area contributed by atoms with Gasteiger partial charge in [-0.2, -0.15) is 0 Å². The van der Waals surface area contributed by atoms with Crippen molar-refractivity contribution in [3.63, 3.8) is 0 Å². The fourth-order valence-corrected chi connectivity index (χ4v) is 5.13. The minimum Gasteiger partial charge on any atom is -0.493 e. The molecule has 0 N–H and O–H groups in total. The Bertz CT molecular complexity index is 1630. The second kappa shape index (κ2) is 6.17. The van der Waals surface area contributed by atoms with Crippen LogP contribution in [0.1, 0.15) is 0 Å². The van der Waals surface area contributed by atoms with Gasteiger partial charge in [-0.25, -0.2) is 9.97 Å². The van der Waals surface area contributed by atoms with Crippen LogP contribution < -0.4 is 9.47 Å². The fraction of sp³-hybridized carbons (Fsp3) is 0.0714. The summed E-state index contributed by atoms with van der Waals surface area (Å²) in [4.78, 5) is 10.3. The Labute approximate surface area is 184 Å². The Morgan fingerprint density at radius 2 is 1.03 bits per heavy atom. The minimum atomic E-state index is 0.651. The molecule has 7 rings (SSSR count). The smallest absolute Gasteiger partial charge is 0.163 e. The van der Waals surface area contributed by atoms with Crippen molar-refractivity contribution in [3.8, 4) is 34.0 Å². The third-order valence-electron chi connectivity index (χ3n) is 6.51. The van der Waals surface area contributed by atoms with Gasteiger partial charge in [0.15, 0.2) is 11.5 Å². The lowest BCUT2D eigenvalue weighted by atomic mass is 9.94. The number of methoxy groups -OCH3 is 2. The summed E-state index contributed by atoms with van der Waals surface area (Å²) in [6.45, 7) is 0. The monoisotopic (exact) mass is 414 g/mol. The van der Waals surface area contributed by atoms with Crippen molar-refractivity contribution in [1.29, 1.82) is 0 Å². The summed E-state index contributed by atoms with van der Waals surface area (Å²) in [5, 5.41) is 7.25. The molecule has 5 aromatic carbocycles. The number of hydrogen-bond acceptors (Lipinski definition) is 4. The molecule has 0 fully saturated rings. The molecule has 0 saturated carbocycles. The molecule has 1 heterocycles. The van der Waals surface area contributed by atoms with Crippen LogP contribution in [0.15, 0.2) is 72.8 Å². The molecule has 0 unspecified atom stereocenters. The van der Waals surface area contributed by atoms with E-state index in [1.165, 1.54) is 32.3 Å². The zero-order chi connectivity index (χ0) is 21.4. The number of hydrogen-bond donors (Lipinski definition) is 0. The first-order chi connectivity index (χ1) is 15.8. The van der Waals surface area contributed by atoms with Gasteiger partial charge in [0.25, 0.3) is 0 Å². The van der Waals surface area contributed by atoms with Gasteiger partial charge in [0.2, 0.25) is 0 Å². The maximum atomic E-state index is 5.52. The number of nitrogens with zero attached hydrogens (tertiary/aromatic N) is 2. The van der Waals surface area contributed by atoms with Crippen LogP contribution in [0.25, 0.3) is 65.9 Å². The topological polar surface area (TPSA) is 44.2 Å². The van der Waals surface area contributed by atoms with Gasteiger partial charge < -0.3 is 9.47 Å². The first-order valence-corrected chi connectivity index (χ1v) is 10.6. The predicted octanol–water partition coefficient (Wildman–Crippen LogP) is 6.75. The highest BCUT2D eigenvalue weighted by Gasteiger charge is 2.29. The average molecular weight is 414 g/mol. The van der Waals surface area contributed by atoms with Gasteiger partial charge in [-0.3, -0.25) is 0 Å². The molecule has 1 aromatic heterocycles. The molecule has 0 aliphatic heterocycles. The molecule has 4 heteroatoms. The molecular formula is C28H18N2O2. The minimum absolute atomic E-state index is 0.651. The fourth-order valence-electron chi connectivity index (χ4n) is 5.13. The third kappa shape index (κ3) is 2.16. The molecule has 0 spiro atoms. The summed E-state index contributed by atoms with van der Waals surface area (Å²) in [6.07, 6.45) is 0. The van der Waals surface area contributed by atoms with Crippen molar-refractivity contribution < 1.29 is 9.47 Å². The van der Waals surface area contributed by atoms with Gasteiger partial charge in [-0.15, -0.1) is 0 Å². The van der Waals surface area contributed by atoms with Crippen LogP contribution in [-0.4, -0.2) is 24.2 Å². The standard InChI is InChI=1S/C28H18N2O2/c1-31-22-13-20-21(14-23(22)32-2)30-28-26-19-10-6-4-8-16(19)12-17-11-15-7-3-5-9-18(15)25(24(17)26)27(28)29-20/h3-14H,1-2H3. The van der Waals surface area contributed by atoms with Gasteiger partial charge in [0, 0.05) is 28.6 Å². The average Bonchev–Trinajstić information content (AvgIpc) is 3.17. The van der Waals surface area contributed by atoms with Crippen LogP contribution in [0.5, 0.6) is 11.5 Å². The summed E-state index contributed by atoms with van der Waals surface area (Å²) in [6, 6.07) is 25.4. The van der Waals surface area contributed by atoms with Crippen LogP contribution >= 0.6 is 0 Å². The van der Waals surface area contributed by atoms with Crippen LogP contribution in [-0.2, 0) is 0 Å². The lowest BCUT2D eigenvalue weighted by Gasteiger charge is -2.10. The van der Waals surface area contributed by atoms with E-state index in [2.05, 4.69) is 60.7 Å². The van der Waals surface area contributed by atoms with E-state index in [1.807, 2.05) is 12.1 Å². The molecule has 0 saturated heterocycles. The van der Waals surface area contributed by atoms with Crippen molar-refractivity contribution in [2.75, 3.05) is 14.2 Å². The number of rotatable bonds is 2. The van der Waals surface area contributed by atoms with Crippen molar-refractivity contribution in [2.45, 2.75) is 0 Å². The molecule has 6 aromatic rings. The molecular weight excluding hydrogens is 396 g/mol. The Morgan fingerprint density at radius 1 is 0.562 bits per heavy atom. The second-order valence-electron chi connectivity index (χ2n) is 8.16. The Morgan fingerprint density at radius 3 is 1.50 bits per heavy atom. The summed E-state index contributed by atoms with van der Waals surface area (Å²) in [5.41, 5.74) is 5.77. The molecule has 0 radical (unpaired) electrons. The van der Waals surface area contributed by atoms with Gasteiger partial charge in [-0.1, -0.05) is 48.5 Å². The molecule has 32 heavy (non-hydrogen) atoms. The molecule has 0 atom stereocenters. The van der Waals surface area contributed by atoms with E-state index in [0.717, 1.165) is 33.5 Å². The maximum absolute atomic E-state index is 5.52.